The van der Waals surface area contributed by atoms with Crippen LogP contribution in [-0.4, -0.2) is 0 Å². The first kappa shape index (κ1) is 10.4. The Morgan fingerprint density at radius 3 is 2.47 bits per heavy atom. The molecule has 1 N–H and O–H groups in total. The van der Waals surface area contributed by atoms with Gasteiger partial charge in [-0.1, -0.05) is 0 Å². The highest BCUT2D eigenvalue weighted by Gasteiger charge is 2.05. The molecule has 1 rings (SSSR count). The maximum atomic E-state index is 8.68. The van der Waals surface area contributed by atoms with E-state index < -0.39 is 0 Å². The summed E-state index contributed by atoms with van der Waals surface area (Å²) in [4.78, 5) is 0. The molecule has 15 heavy (non-hydrogen) atoms. The molecule has 5 heteroatoms. The van der Waals surface area contributed by atoms with Crippen LogP contribution in [-0.2, 0) is 6.54 Å². The van der Waals surface area contributed by atoms with Crippen molar-refractivity contribution in [2.75, 3.05) is 0 Å². The van der Waals surface area contributed by atoms with Crippen molar-refractivity contribution in [2.45, 2.75) is 6.54 Å². The van der Waals surface area contributed by atoms with Crippen molar-refractivity contribution in [3.8, 4) is 18.2 Å². The van der Waals surface area contributed by atoms with Gasteiger partial charge >= 0.3 is 0 Å². The lowest BCUT2D eigenvalue weighted by Gasteiger charge is -2.00. The largest absolute Gasteiger partial charge is 0.467 e. The zero-order valence-electron chi connectivity index (χ0n) is 7.69. The summed E-state index contributed by atoms with van der Waals surface area (Å²) in [6, 6.07) is 8.45. The second kappa shape index (κ2) is 5.11. The summed E-state index contributed by atoms with van der Waals surface area (Å²) in [5, 5.41) is 28.4. The van der Waals surface area contributed by atoms with E-state index in [1.54, 1.807) is 30.3 Å². The fourth-order valence-electron chi connectivity index (χ4n) is 0.909. The molecule has 0 aromatic carbocycles. The Kier molecular flexibility index (Phi) is 3.54. The third-order valence-electron chi connectivity index (χ3n) is 1.60. The topological polar surface area (TPSA) is 96.5 Å². The number of nitriles is 3. The Balaban J connectivity index is 2.74. The second-order valence-corrected chi connectivity index (χ2v) is 2.52. The minimum Gasteiger partial charge on any atom is -0.467 e. The molecule has 0 aliphatic rings. The molecule has 0 unspecified atom stereocenters. The van der Waals surface area contributed by atoms with Crippen LogP contribution in [0, 0.1) is 34.0 Å². The van der Waals surface area contributed by atoms with Crippen LogP contribution < -0.4 is 5.32 Å². The molecular formula is C10H6N4O. The van der Waals surface area contributed by atoms with Gasteiger partial charge in [-0.2, -0.15) is 15.8 Å². The van der Waals surface area contributed by atoms with Crippen LogP contribution in [0.25, 0.3) is 0 Å². The zero-order valence-corrected chi connectivity index (χ0v) is 7.69. The molecule has 1 aromatic heterocycles. The van der Waals surface area contributed by atoms with E-state index in [1.165, 1.54) is 6.26 Å². The molecular weight excluding hydrogens is 192 g/mol. The first-order valence-corrected chi connectivity index (χ1v) is 4.02. The zero-order chi connectivity index (χ0) is 11.1. The van der Waals surface area contributed by atoms with Gasteiger partial charge in [0.1, 0.15) is 29.7 Å². The molecule has 0 saturated carbocycles. The van der Waals surface area contributed by atoms with Crippen molar-refractivity contribution in [1.82, 2.24) is 5.32 Å². The smallest absolute Gasteiger partial charge is 0.163 e. The van der Waals surface area contributed by atoms with Crippen LogP contribution >= 0.6 is 0 Å². The van der Waals surface area contributed by atoms with Gasteiger partial charge < -0.3 is 9.73 Å². The van der Waals surface area contributed by atoms with Gasteiger partial charge in [0.15, 0.2) is 5.57 Å². The average Bonchev–Trinajstić information content (AvgIpc) is 2.77. The van der Waals surface area contributed by atoms with Crippen LogP contribution in [0.15, 0.2) is 34.1 Å². The number of hydrogen-bond acceptors (Lipinski definition) is 5. The predicted octanol–water partition coefficient (Wildman–Crippen LogP) is 1.19. The van der Waals surface area contributed by atoms with E-state index in [1.807, 2.05) is 0 Å². The van der Waals surface area contributed by atoms with E-state index in [0.29, 0.717) is 5.76 Å². The Bertz CT molecular complexity index is 463. The van der Waals surface area contributed by atoms with Crippen LogP contribution in [0.3, 0.4) is 0 Å². The van der Waals surface area contributed by atoms with E-state index in [0.717, 1.165) is 0 Å². The first-order chi connectivity index (χ1) is 7.31. The molecule has 0 atom stereocenters. The third kappa shape index (κ3) is 2.62. The highest BCUT2D eigenvalue weighted by atomic mass is 16.3. The minimum atomic E-state index is -0.232. The van der Waals surface area contributed by atoms with Gasteiger partial charge in [0.2, 0.25) is 0 Å². The third-order valence-corrected chi connectivity index (χ3v) is 1.60. The van der Waals surface area contributed by atoms with Gasteiger partial charge in [0.05, 0.1) is 12.8 Å². The lowest BCUT2D eigenvalue weighted by molar-refractivity contribution is 0.497. The number of nitrogens with zero attached hydrogens (tertiary/aromatic N) is 3. The maximum absolute atomic E-state index is 8.68. The number of hydrogen-bond donors (Lipinski definition) is 1. The normalized spacial score (nSPS) is 8.07. The quantitative estimate of drug-likeness (QED) is 0.736. The Hall–Kier alpha value is -2.71. The van der Waals surface area contributed by atoms with E-state index in [9.17, 15) is 0 Å². The van der Waals surface area contributed by atoms with E-state index >= 15 is 0 Å². The number of nitrogens with one attached hydrogen (secondary N) is 1. The molecule has 1 aromatic rings. The molecule has 72 valence electrons. The van der Waals surface area contributed by atoms with E-state index in [2.05, 4.69) is 5.32 Å². The number of rotatable bonds is 3. The second-order valence-electron chi connectivity index (χ2n) is 2.52. The summed E-state index contributed by atoms with van der Waals surface area (Å²) in [7, 11) is 0. The van der Waals surface area contributed by atoms with Crippen molar-refractivity contribution in [3.05, 3.63) is 35.4 Å². The van der Waals surface area contributed by atoms with Crippen LogP contribution in [0.2, 0.25) is 0 Å². The fraction of sp³-hybridized carbons (Fsp3) is 0.100. The summed E-state index contributed by atoms with van der Waals surface area (Å²) >= 11 is 0. The summed E-state index contributed by atoms with van der Waals surface area (Å²) in [6.07, 6.45) is 1.50. The van der Waals surface area contributed by atoms with Crippen LogP contribution in [0.1, 0.15) is 5.76 Å². The Morgan fingerprint density at radius 2 is 2.00 bits per heavy atom. The van der Waals surface area contributed by atoms with Gasteiger partial charge in [0.25, 0.3) is 0 Å². The first-order valence-electron chi connectivity index (χ1n) is 4.02. The summed E-state index contributed by atoms with van der Waals surface area (Å²) < 4.78 is 5.02. The van der Waals surface area contributed by atoms with Crippen LogP contribution in [0.4, 0.5) is 0 Å². The van der Waals surface area contributed by atoms with Crippen LogP contribution in [0.5, 0.6) is 0 Å². The molecule has 1 heterocycles. The van der Waals surface area contributed by atoms with Gasteiger partial charge in [-0.05, 0) is 12.1 Å². The fourth-order valence-corrected chi connectivity index (χ4v) is 0.909. The molecule has 5 nitrogen and oxygen atoms in total. The molecule has 0 aliphatic heterocycles. The molecule has 0 saturated heterocycles. The van der Waals surface area contributed by atoms with Gasteiger partial charge in [-0.25, -0.2) is 0 Å². The molecule has 0 fully saturated rings. The van der Waals surface area contributed by atoms with Crippen molar-refractivity contribution < 1.29 is 4.42 Å². The Labute approximate surface area is 86.5 Å². The molecule has 0 spiro atoms. The van der Waals surface area contributed by atoms with Crippen molar-refractivity contribution in [1.29, 1.82) is 15.8 Å². The molecule has 0 bridgehead atoms. The van der Waals surface area contributed by atoms with Gasteiger partial charge in [-0.15, -0.1) is 0 Å². The lowest BCUT2D eigenvalue weighted by atomic mass is 10.2. The SMILES string of the molecule is N#CC(C#N)=C(C#N)NCc1ccco1. The average molecular weight is 198 g/mol. The molecule has 0 aliphatic carbocycles. The molecule has 0 radical (unpaired) electrons. The Morgan fingerprint density at radius 1 is 1.27 bits per heavy atom. The van der Waals surface area contributed by atoms with Gasteiger partial charge in [-0.3, -0.25) is 0 Å². The van der Waals surface area contributed by atoms with Crippen molar-refractivity contribution in [3.63, 3.8) is 0 Å². The standard InChI is InChI=1S/C10H6N4O/c11-4-8(5-12)10(6-13)14-7-9-2-1-3-15-9/h1-3,14H,7H2. The molecule has 0 amide bonds. The number of allylic oxidation sites excluding steroid dienone is 2. The predicted molar refractivity (Wildman–Crippen MR) is 49.4 cm³/mol. The summed E-state index contributed by atoms with van der Waals surface area (Å²) in [5.74, 6) is 0.623. The van der Waals surface area contributed by atoms with E-state index in [4.69, 9.17) is 20.2 Å². The van der Waals surface area contributed by atoms with Crippen molar-refractivity contribution in [2.24, 2.45) is 0 Å². The number of furan rings is 1. The maximum Gasteiger partial charge on any atom is 0.163 e. The lowest BCUT2D eigenvalue weighted by Crippen LogP contribution is -2.12. The van der Waals surface area contributed by atoms with Crippen molar-refractivity contribution >= 4 is 0 Å². The minimum absolute atomic E-state index is 0.0450. The van der Waals surface area contributed by atoms with Gasteiger partial charge in [0, 0.05) is 0 Å². The van der Waals surface area contributed by atoms with E-state index in [-0.39, 0.29) is 17.8 Å². The summed E-state index contributed by atoms with van der Waals surface area (Å²) in [6.45, 7) is 0.267. The highest BCUT2D eigenvalue weighted by molar-refractivity contribution is 5.45. The summed E-state index contributed by atoms with van der Waals surface area (Å²) in [5.41, 5.74) is -0.277. The highest BCUT2D eigenvalue weighted by Crippen LogP contribution is 2.03. The monoisotopic (exact) mass is 198 g/mol.